The van der Waals surface area contributed by atoms with Gasteiger partial charge in [0.1, 0.15) is 11.6 Å². The van der Waals surface area contributed by atoms with E-state index in [1.54, 1.807) is 0 Å². The molecule has 6 nitrogen and oxygen atoms in total. The zero-order chi connectivity index (χ0) is 12.8. The molecule has 1 aromatic rings. The van der Waals surface area contributed by atoms with Crippen LogP contribution in [0.1, 0.15) is 23.7 Å². The van der Waals surface area contributed by atoms with Crippen molar-refractivity contribution < 1.29 is 19.1 Å². The SMILES string of the molecule is COC(=O)c1ccnc(NC(=O)CC(C)=O)c1. The number of amides is 1. The molecule has 1 amide bonds. The lowest BCUT2D eigenvalue weighted by atomic mass is 10.2. The molecule has 0 aromatic carbocycles. The summed E-state index contributed by atoms with van der Waals surface area (Å²) in [5.41, 5.74) is 0.278. The minimum atomic E-state index is -0.519. The van der Waals surface area contributed by atoms with Gasteiger partial charge < -0.3 is 10.1 Å². The van der Waals surface area contributed by atoms with E-state index < -0.39 is 11.9 Å². The van der Waals surface area contributed by atoms with Crippen LogP contribution in [-0.4, -0.2) is 29.8 Å². The Hall–Kier alpha value is -2.24. The number of pyridine rings is 1. The van der Waals surface area contributed by atoms with Crippen molar-refractivity contribution in [3.63, 3.8) is 0 Å². The van der Waals surface area contributed by atoms with Gasteiger partial charge in [0.25, 0.3) is 0 Å². The van der Waals surface area contributed by atoms with Gasteiger partial charge in [0.15, 0.2) is 0 Å². The van der Waals surface area contributed by atoms with Gasteiger partial charge in [-0.1, -0.05) is 0 Å². The summed E-state index contributed by atoms with van der Waals surface area (Å²) in [6.45, 7) is 1.32. The van der Waals surface area contributed by atoms with Gasteiger partial charge in [-0.15, -0.1) is 0 Å². The summed E-state index contributed by atoms with van der Waals surface area (Å²) in [5.74, 6) is -1.02. The lowest BCUT2D eigenvalue weighted by Gasteiger charge is -2.04. The molecule has 17 heavy (non-hydrogen) atoms. The van der Waals surface area contributed by atoms with Crippen molar-refractivity contribution in [1.82, 2.24) is 4.98 Å². The number of hydrogen-bond donors (Lipinski definition) is 1. The molecule has 0 radical (unpaired) electrons. The van der Waals surface area contributed by atoms with Crippen molar-refractivity contribution in [2.75, 3.05) is 12.4 Å². The molecule has 0 aliphatic rings. The van der Waals surface area contributed by atoms with E-state index in [0.717, 1.165) is 0 Å². The van der Waals surface area contributed by atoms with Crippen molar-refractivity contribution in [1.29, 1.82) is 0 Å². The Kier molecular flexibility index (Phi) is 4.33. The van der Waals surface area contributed by atoms with E-state index >= 15 is 0 Å². The number of anilines is 1. The van der Waals surface area contributed by atoms with E-state index in [1.165, 1.54) is 32.4 Å². The van der Waals surface area contributed by atoms with Crippen LogP contribution < -0.4 is 5.32 Å². The summed E-state index contributed by atoms with van der Waals surface area (Å²) in [5, 5.41) is 2.41. The third-order valence-electron chi connectivity index (χ3n) is 1.86. The number of carbonyl (C=O) groups excluding carboxylic acids is 3. The first-order valence-electron chi connectivity index (χ1n) is 4.86. The Morgan fingerprint density at radius 3 is 2.71 bits per heavy atom. The highest BCUT2D eigenvalue weighted by atomic mass is 16.5. The predicted octanol–water partition coefficient (Wildman–Crippen LogP) is 0.786. The van der Waals surface area contributed by atoms with Crippen molar-refractivity contribution in [2.24, 2.45) is 0 Å². The summed E-state index contributed by atoms with van der Waals surface area (Å²) in [6.07, 6.45) is 1.15. The van der Waals surface area contributed by atoms with Gasteiger partial charge in [0, 0.05) is 6.20 Å². The maximum Gasteiger partial charge on any atom is 0.338 e. The standard InChI is InChI=1S/C11H12N2O4/c1-7(14)5-10(15)13-9-6-8(3-4-12-9)11(16)17-2/h3-4,6H,5H2,1-2H3,(H,12,13,15). The summed E-state index contributed by atoms with van der Waals surface area (Å²) in [7, 11) is 1.26. The maximum atomic E-state index is 11.3. The molecule has 0 saturated carbocycles. The minimum Gasteiger partial charge on any atom is -0.465 e. The molecule has 1 heterocycles. The van der Waals surface area contributed by atoms with E-state index in [0.29, 0.717) is 0 Å². The number of hydrogen-bond acceptors (Lipinski definition) is 5. The molecule has 6 heteroatoms. The molecule has 90 valence electrons. The van der Waals surface area contributed by atoms with Crippen LogP contribution in [0.3, 0.4) is 0 Å². The molecule has 0 saturated heterocycles. The fraction of sp³-hybridized carbons (Fsp3) is 0.273. The highest BCUT2D eigenvalue weighted by molar-refractivity contribution is 6.03. The molecule has 1 rings (SSSR count). The number of methoxy groups -OCH3 is 1. The van der Waals surface area contributed by atoms with Gasteiger partial charge in [0.2, 0.25) is 5.91 Å². The van der Waals surface area contributed by atoms with Gasteiger partial charge in [-0.2, -0.15) is 0 Å². The number of aromatic nitrogens is 1. The van der Waals surface area contributed by atoms with Crippen molar-refractivity contribution >= 4 is 23.5 Å². The molecule has 0 fully saturated rings. The number of esters is 1. The van der Waals surface area contributed by atoms with Crippen LogP contribution in [0.4, 0.5) is 5.82 Å². The molecule has 0 aliphatic heterocycles. The third kappa shape index (κ3) is 4.02. The van der Waals surface area contributed by atoms with Crippen LogP contribution >= 0.6 is 0 Å². The normalized spacial score (nSPS) is 9.53. The van der Waals surface area contributed by atoms with E-state index in [2.05, 4.69) is 15.0 Å². The van der Waals surface area contributed by atoms with Crippen molar-refractivity contribution in [2.45, 2.75) is 13.3 Å². The van der Waals surface area contributed by atoms with E-state index in [4.69, 9.17) is 0 Å². The molecule has 0 unspecified atom stereocenters. The van der Waals surface area contributed by atoms with Gasteiger partial charge in [-0.25, -0.2) is 9.78 Å². The number of ketones is 1. The van der Waals surface area contributed by atoms with E-state index in [9.17, 15) is 14.4 Å². The number of rotatable bonds is 4. The smallest absolute Gasteiger partial charge is 0.338 e. The number of Topliss-reactive ketones (excluding diaryl/α,β-unsaturated/α-hetero) is 1. The second kappa shape index (κ2) is 5.74. The van der Waals surface area contributed by atoms with Crippen LogP contribution in [0.2, 0.25) is 0 Å². The average molecular weight is 236 g/mol. The van der Waals surface area contributed by atoms with Crippen LogP contribution in [0.5, 0.6) is 0 Å². The van der Waals surface area contributed by atoms with Crippen LogP contribution in [0, 0.1) is 0 Å². The number of ether oxygens (including phenoxy) is 1. The first kappa shape index (κ1) is 12.8. The highest BCUT2D eigenvalue weighted by Gasteiger charge is 2.09. The molecular formula is C11H12N2O4. The summed E-state index contributed by atoms with van der Waals surface area (Å²) in [6, 6.07) is 2.84. The fourth-order valence-corrected chi connectivity index (χ4v) is 1.16. The largest absolute Gasteiger partial charge is 0.465 e. The highest BCUT2D eigenvalue weighted by Crippen LogP contribution is 2.08. The lowest BCUT2D eigenvalue weighted by molar-refractivity contribution is -0.124. The molecule has 1 N–H and O–H groups in total. The summed E-state index contributed by atoms with van der Waals surface area (Å²) in [4.78, 5) is 37.1. The molecule has 0 bridgehead atoms. The summed E-state index contributed by atoms with van der Waals surface area (Å²) < 4.78 is 4.53. The maximum absolute atomic E-state index is 11.3. The Labute approximate surface area is 98.0 Å². The Morgan fingerprint density at radius 2 is 2.12 bits per heavy atom. The monoisotopic (exact) mass is 236 g/mol. The number of nitrogens with one attached hydrogen (secondary N) is 1. The molecular weight excluding hydrogens is 224 g/mol. The minimum absolute atomic E-state index is 0.208. The molecule has 0 aliphatic carbocycles. The predicted molar refractivity (Wildman–Crippen MR) is 59.5 cm³/mol. The number of carbonyl (C=O) groups is 3. The average Bonchev–Trinajstić information content (AvgIpc) is 2.27. The van der Waals surface area contributed by atoms with Crippen LogP contribution in [0.15, 0.2) is 18.3 Å². The first-order valence-corrected chi connectivity index (χ1v) is 4.86. The Bertz CT molecular complexity index is 457. The molecule has 0 atom stereocenters. The van der Waals surface area contributed by atoms with E-state index in [1.807, 2.05) is 0 Å². The topological polar surface area (TPSA) is 85.4 Å². The molecule has 0 spiro atoms. The van der Waals surface area contributed by atoms with Gasteiger partial charge in [0.05, 0.1) is 19.1 Å². The second-order valence-corrected chi connectivity index (χ2v) is 3.35. The van der Waals surface area contributed by atoms with Gasteiger partial charge >= 0.3 is 5.97 Å². The first-order chi connectivity index (χ1) is 8.02. The third-order valence-corrected chi connectivity index (χ3v) is 1.86. The van der Waals surface area contributed by atoms with Crippen molar-refractivity contribution in [3.05, 3.63) is 23.9 Å². The zero-order valence-corrected chi connectivity index (χ0v) is 9.52. The fourth-order valence-electron chi connectivity index (χ4n) is 1.16. The van der Waals surface area contributed by atoms with Crippen LogP contribution in [0.25, 0.3) is 0 Å². The second-order valence-electron chi connectivity index (χ2n) is 3.35. The zero-order valence-electron chi connectivity index (χ0n) is 9.52. The van der Waals surface area contributed by atoms with Gasteiger partial charge in [-0.05, 0) is 19.1 Å². The Morgan fingerprint density at radius 1 is 1.41 bits per heavy atom. The quantitative estimate of drug-likeness (QED) is 0.617. The van der Waals surface area contributed by atoms with Gasteiger partial charge in [-0.3, -0.25) is 9.59 Å². The van der Waals surface area contributed by atoms with Crippen molar-refractivity contribution in [3.8, 4) is 0 Å². The Balaban J connectivity index is 2.75. The van der Waals surface area contributed by atoms with E-state index in [-0.39, 0.29) is 23.6 Å². The van der Waals surface area contributed by atoms with Crippen LogP contribution in [-0.2, 0) is 14.3 Å². The molecule has 1 aromatic heterocycles. The number of nitrogens with zero attached hydrogens (tertiary/aromatic N) is 1. The summed E-state index contributed by atoms with van der Waals surface area (Å²) >= 11 is 0. The lowest BCUT2D eigenvalue weighted by Crippen LogP contribution is -2.16.